The zero-order valence-electron chi connectivity index (χ0n) is 14.6. The van der Waals surface area contributed by atoms with E-state index in [-0.39, 0.29) is 0 Å². The van der Waals surface area contributed by atoms with E-state index in [4.69, 9.17) is 4.74 Å². The van der Waals surface area contributed by atoms with Crippen molar-refractivity contribution in [2.75, 3.05) is 7.11 Å². The minimum absolute atomic E-state index is 0.783. The molecule has 0 heterocycles. The van der Waals surface area contributed by atoms with Crippen molar-refractivity contribution in [3.05, 3.63) is 96.1 Å². The van der Waals surface area contributed by atoms with Gasteiger partial charge in [0.1, 0.15) is 12.0 Å². The van der Waals surface area contributed by atoms with E-state index in [0.717, 1.165) is 17.6 Å². The third-order valence-corrected chi connectivity index (χ3v) is 3.64. The van der Waals surface area contributed by atoms with Gasteiger partial charge in [0.15, 0.2) is 0 Å². The Balaban J connectivity index is 0.000000212. The summed E-state index contributed by atoms with van der Waals surface area (Å²) in [5.41, 5.74) is 4.68. The third kappa shape index (κ3) is 6.11. The van der Waals surface area contributed by atoms with Crippen LogP contribution in [0.1, 0.15) is 11.1 Å². The number of aryl methyl sites for hydroxylation is 1. The average Bonchev–Trinajstić information content (AvgIpc) is 2.68. The maximum Gasteiger partial charge on any atom is 0.142 e. The van der Waals surface area contributed by atoms with Crippen molar-refractivity contribution < 1.29 is 9.53 Å². The van der Waals surface area contributed by atoms with Crippen LogP contribution in [0.15, 0.2) is 84.9 Å². The highest BCUT2D eigenvalue weighted by atomic mass is 16.5. The lowest BCUT2D eigenvalue weighted by Crippen LogP contribution is -1.80. The minimum Gasteiger partial charge on any atom is -0.497 e. The molecule has 0 aliphatic rings. The van der Waals surface area contributed by atoms with Crippen LogP contribution in [0.2, 0.25) is 0 Å². The van der Waals surface area contributed by atoms with Crippen LogP contribution in [0, 0.1) is 6.92 Å². The molecule has 25 heavy (non-hydrogen) atoms. The molecule has 3 aromatic carbocycles. The van der Waals surface area contributed by atoms with Crippen molar-refractivity contribution in [1.29, 1.82) is 0 Å². The van der Waals surface area contributed by atoms with E-state index in [9.17, 15) is 4.79 Å². The third-order valence-electron chi connectivity index (χ3n) is 3.64. The van der Waals surface area contributed by atoms with Gasteiger partial charge >= 0.3 is 0 Å². The highest BCUT2D eigenvalue weighted by Crippen LogP contribution is 2.19. The first-order valence-electron chi connectivity index (χ1n) is 8.11. The van der Waals surface area contributed by atoms with Crippen LogP contribution in [0.3, 0.4) is 0 Å². The van der Waals surface area contributed by atoms with Gasteiger partial charge in [-0.2, -0.15) is 0 Å². The van der Waals surface area contributed by atoms with Crippen LogP contribution in [0.5, 0.6) is 5.75 Å². The summed E-state index contributed by atoms with van der Waals surface area (Å²) in [7, 11) is 1.67. The normalized spacial score (nSPS) is 10.0. The summed E-state index contributed by atoms with van der Waals surface area (Å²) in [6, 6.07) is 26.3. The summed E-state index contributed by atoms with van der Waals surface area (Å²) in [6.45, 7) is 2.06. The van der Waals surface area contributed by atoms with Gasteiger partial charge in [-0.25, -0.2) is 0 Å². The molecule has 2 nitrogen and oxygen atoms in total. The van der Waals surface area contributed by atoms with Crippen molar-refractivity contribution in [3.8, 4) is 16.9 Å². The van der Waals surface area contributed by atoms with Crippen molar-refractivity contribution in [2.24, 2.45) is 0 Å². The van der Waals surface area contributed by atoms with Crippen LogP contribution in [0.25, 0.3) is 17.2 Å². The number of ether oxygens (including phenoxy) is 1. The Labute approximate surface area is 149 Å². The topological polar surface area (TPSA) is 26.3 Å². The molecular formula is C23H22O2. The average molecular weight is 330 g/mol. The number of allylic oxidation sites excluding steroid dienone is 1. The predicted octanol–water partition coefficient (Wildman–Crippen LogP) is 5.57. The number of aldehydes is 1. The van der Waals surface area contributed by atoms with E-state index < -0.39 is 0 Å². The summed E-state index contributed by atoms with van der Waals surface area (Å²) < 4.78 is 4.97. The number of methoxy groups -OCH3 is 1. The fourth-order valence-electron chi connectivity index (χ4n) is 2.24. The highest BCUT2D eigenvalue weighted by molar-refractivity contribution is 5.74. The largest absolute Gasteiger partial charge is 0.497 e. The van der Waals surface area contributed by atoms with Gasteiger partial charge < -0.3 is 4.74 Å². The number of benzene rings is 3. The molecule has 0 fully saturated rings. The fraction of sp³-hybridized carbons (Fsp3) is 0.0870. The molecule has 0 radical (unpaired) electrons. The molecule has 0 N–H and O–H groups in total. The first-order chi connectivity index (χ1) is 12.2. The van der Waals surface area contributed by atoms with E-state index in [1.54, 1.807) is 13.2 Å². The molecule has 3 aromatic rings. The zero-order valence-corrected chi connectivity index (χ0v) is 14.6. The van der Waals surface area contributed by atoms with E-state index >= 15 is 0 Å². The van der Waals surface area contributed by atoms with Gasteiger partial charge in [-0.3, -0.25) is 4.79 Å². The van der Waals surface area contributed by atoms with Crippen molar-refractivity contribution in [3.63, 3.8) is 0 Å². The summed E-state index contributed by atoms with van der Waals surface area (Å²) in [4.78, 5) is 10.2. The second-order valence-electron chi connectivity index (χ2n) is 5.50. The van der Waals surface area contributed by atoms with E-state index in [0.29, 0.717) is 0 Å². The molecule has 0 amide bonds. The molecule has 0 saturated carbocycles. The van der Waals surface area contributed by atoms with Crippen LogP contribution in [0.4, 0.5) is 0 Å². The standard InChI is InChI=1S/C15H12O.C8H10O/c16-12-4-5-13-8-10-15(11-9-13)14-6-2-1-3-7-14;1-7-3-5-8(9-2)6-4-7/h1-12H;3-6H,1-2H3/b5-4+;. The van der Waals surface area contributed by atoms with E-state index in [2.05, 4.69) is 31.2 Å². The SMILES string of the molecule is COc1ccc(C)cc1.O=C/C=C/c1ccc(-c2ccccc2)cc1. The summed E-state index contributed by atoms with van der Waals surface area (Å²) in [5.74, 6) is 0.917. The first-order valence-corrected chi connectivity index (χ1v) is 8.11. The lowest BCUT2D eigenvalue weighted by atomic mass is 10.0. The predicted molar refractivity (Wildman–Crippen MR) is 105 cm³/mol. The summed E-state index contributed by atoms with van der Waals surface area (Å²) in [5, 5.41) is 0. The maximum atomic E-state index is 10.2. The quantitative estimate of drug-likeness (QED) is 0.462. The monoisotopic (exact) mass is 330 g/mol. The van der Waals surface area contributed by atoms with Crippen molar-refractivity contribution >= 4 is 12.4 Å². The Morgan fingerprint density at radius 3 is 1.92 bits per heavy atom. The molecule has 0 atom stereocenters. The Morgan fingerprint density at radius 2 is 1.36 bits per heavy atom. The smallest absolute Gasteiger partial charge is 0.142 e. The van der Waals surface area contributed by atoms with Crippen LogP contribution < -0.4 is 4.74 Å². The van der Waals surface area contributed by atoms with E-state index in [1.807, 2.05) is 54.6 Å². The fourth-order valence-corrected chi connectivity index (χ4v) is 2.24. The molecule has 0 aromatic heterocycles. The van der Waals surface area contributed by atoms with Crippen molar-refractivity contribution in [2.45, 2.75) is 6.92 Å². The van der Waals surface area contributed by atoms with Gasteiger partial charge in [-0.05, 0) is 41.8 Å². The maximum absolute atomic E-state index is 10.2. The number of hydrogen-bond acceptors (Lipinski definition) is 2. The molecule has 3 rings (SSSR count). The molecule has 0 aliphatic carbocycles. The Hall–Kier alpha value is -3.13. The van der Waals surface area contributed by atoms with Gasteiger partial charge in [0.25, 0.3) is 0 Å². The van der Waals surface area contributed by atoms with Crippen LogP contribution in [-0.2, 0) is 4.79 Å². The first kappa shape index (κ1) is 18.2. The molecule has 0 bridgehead atoms. The summed E-state index contributed by atoms with van der Waals surface area (Å²) >= 11 is 0. The zero-order chi connectivity index (χ0) is 17.9. The number of carbonyl (C=O) groups is 1. The van der Waals surface area contributed by atoms with Crippen molar-refractivity contribution in [1.82, 2.24) is 0 Å². The lowest BCUT2D eigenvalue weighted by molar-refractivity contribution is -0.104. The van der Waals surface area contributed by atoms with Crippen LogP contribution >= 0.6 is 0 Å². The number of rotatable bonds is 4. The highest BCUT2D eigenvalue weighted by Gasteiger charge is 1.95. The van der Waals surface area contributed by atoms with Gasteiger partial charge in [-0.15, -0.1) is 0 Å². The van der Waals surface area contributed by atoms with Gasteiger partial charge in [0.05, 0.1) is 7.11 Å². The molecule has 0 saturated heterocycles. The second-order valence-corrected chi connectivity index (χ2v) is 5.50. The van der Waals surface area contributed by atoms with Gasteiger partial charge in [0, 0.05) is 0 Å². The summed E-state index contributed by atoms with van der Waals surface area (Å²) in [6.07, 6.45) is 4.07. The molecule has 0 unspecified atom stereocenters. The molecular weight excluding hydrogens is 308 g/mol. The molecule has 2 heteroatoms. The van der Waals surface area contributed by atoms with Gasteiger partial charge in [-0.1, -0.05) is 78.4 Å². The Morgan fingerprint density at radius 1 is 0.760 bits per heavy atom. The Bertz CT molecular complexity index is 786. The lowest BCUT2D eigenvalue weighted by Gasteiger charge is -2.01. The second kappa shape index (κ2) is 9.89. The van der Waals surface area contributed by atoms with E-state index in [1.165, 1.54) is 22.8 Å². The number of hydrogen-bond donors (Lipinski definition) is 0. The van der Waals surface area contributed by atoms with Gasteiger partial charge in [0.2, 0.25) is 0 Å². The molecule has 126 valence electrons. The molecule has 0 spiro atoms. The Kier molecular flexibility index (Phi) is 7.20. The number of carbonyl (C=O) groups excluding carboxylic acids is 1. The van der Waals surface area contributed by atoms with Crippen LogP contribution in [-0.4, -0.2) is 13.4 Å². The minimum atomic E-state index is 0.783. The molecule has 0 aliphatic heterocycles.